The van der Waals surface area contributed by atoms with E-state index in [1.54, 1.807) is 0 Å². The molecule has 1 rings (SSSR count). The van der Waals surface area contributed by atoms with E-state index in [2.05, 4.69) is 27.2 Å². The molecule has 45 heavy (non-hydrogen) atoms. The number of ether oxygens (including phenoxy) is 11. The van der Waals surface area contributed by atoms with Crippen LogP contribution in [0.4, 0.5) is 5.95 Å². The van der Waals surface area contributed by atoms with Gasteiger partial charge in [-0.15, -0.1) is 0 Å². The van der Waals surface area contributed by atoms with E-state index in [1.165, 1.54) is 0 Å². The predicted molar refractivity (Wildman–Crippen MR) is 164 cm³/mol. The van der Waals surface area contributed by atoms with E-state index >= 15 is 0 Å². The fourth-order valence-electron chi connectivity index (χ4n) is 3.07. The zero-order chi connectivity index (χ0) is 32.3. The molecule has 1 aromatic heterocycles. The van der Waals surface area contributed by atoms with Crippen LogP contribution >= 0.6 is 11.6 Å². The molecular formula is C28H53ClN4O12. The van der Waals surface area contributed by atoms with Crippen molar-refractivity contribution < 1.29 is 57.2 Å². The Hall–Kier alpha value is -1.54. The number of anilines is 1. The van der Waals surface area contributed by atoms with Gasteiger partial charge < -0.3 is 62.5 Å². The first-order chi connectivity index (χ1) is 22.3. The van der Waals surface area contributed by atoms with Crippen molar-refractivity contribution in [3.05, 3.63) is 5.28 Å². The third-order valence-electron chi connectivity index (χ3n) is 5.14. The highest BCUT2D eigenvalue weighted by atomic mass is 35.5. The molecule has 0 saturated heterocycles. The Balaban J connectivity index is 1.85. The standard InChI is InChI=1S/C28H53ClN4O12/c1-2-5-35-8-11-38-14-15-40-16-17-41-18-19-42-20-21-43-22-23-44-24-25-45-28-32-26(29)31-27(33-28)30-3-6-36-9-12-39-13-10-37-7-4-34/h34H,2-25H2,1H3,(H,30,31,32,33). The molecule has 1 aromatic rings. The van der Waals surface area contributed by atoms with Crippen molar-refractivity contribution in [2.45, 2.75) is 13.3 Å². The molecule has 0 amide bonds. The van der Waals surface area contributed by atoms with E-state index in [0.717, 1.165) is 13.0 Å². The number of hydrogen-bond acceptors (Lipinski definition) is 16. The van der Waals surface area contributed by atoms with Crippen LogP contribution in [0.1, 0.15) is 13.3 Å². The van der Waals surface area contributed by atoms with Gasteiger partial charge in [0.2, 0.25) is 11.2 Å². The number of hydrogen-bond donors (Lipinski definition) is 2. The summed E-state index contributed by atoms with van der Waals surface area (Å²) in [6.07, 6.45) is 1.02. The number of nitrogens with one attached hydrogen (secondary N) is 1. The van der Waals surface area contributed by atoms with Crippen LogP contribution in [0.15, 0.2) is 0 Å². The number of aromatic nitrogens is 3. The molecule has 0 aromatic carbocycles. The lowest BCUT2D eigenvalue weighted by Gasteiger charge is -2.09. The highest BCUT2D eigenvalue weighted by molar-refractivity contribution is 6.28. The second kappa shape index (κ2) is 33.8. The van der Waals surface area contributed by atoms with Gasteiger partial charge in [0.15, 0.2) is 0 Å². The maximum Gasteiger partial charge on any atom is 0.322 e. The summed E-state index contributed by atoms with van der Waals surface area (Å²) in [6.45, 7) is 12.5. The number of nitrogens with zero attached hydrogens (tertiary/aromatic N) is 3. The predicted octanol–water partition coefficient (Wildman–Crippen LogP) is 0.884. The molecule has 0 radical (unpaired) electrons. The van der Waals surface area contributed by atoms with E-state index in [1.807, 2.05) is 0 Å². The van der Waals surface area contributed by atoms with Gasteiger partial charge in [-0.2, -0.15) is 15.0 Å². The number of aliphatic hydroxyl groups is 1. The van der Waals surface area contributed by atoms with E-state index in [-0.39, 0.29) is 30.5 Å². The maximum absolute atomic E-state index is 8.61. The first-order valence-corrected chi connectivity index (χ1v) is 15.8. The van der Waals surface area contributed by atoms with Crippen LogP contribution in [0.5, 0.6) is 6.01 Å². The number of rotatable bonds is 36. The van der Waals surface area contributed by atoms with Crippen LogP contribution in [-0.4, -0.2) is 172 Å². The van der Waals surface area contributed by atoms with Gasteiger partial charge in [0.1, 0.15) is 6.61 Å². The monoisotopic (exact) mass is 672 g/mol. The van der Waals surface area contributed by atoms with E-state index in [4.69, 9.17) is 68.8 Å². The molecule has 2 N–H and O–H groups in total. The Labute approximate surface area is 271 Å². The minimum Gasteiger partial charge on any atom is -0.461 e. The first kappa shape index (κ1) is 41.5. The van der Waals surface area contributed by atoms with Crippen molar-refractivity contribution in [1.82, 2.24) is 15.0 Å². The second-order valence-electron chi connectivity index (χ2n) is 8.83. The van der Waals surface area contributed by atoms with Crippen molar-refractivity contribution in [2.75, 3.05) is 157 Å². The van der Waals surface area contributed by atoms with Gasteiger partial charge in [-0.1, -0.05) is 6.92 Å². The van der Waals surface area contributed by atoms with E-state index in [9.17, 15) is 0 Å². The van der Waals surface area contributed by atoms with Gasteiger partial charge >= 0.3 is 6.01 Å². The van der Waals surface area contributed by atoms with Gasteiger partial charge in [0, 0.05) is 13.2 Å². The molecule has 0 spiro atoms. The Morgan fingerprint density at radius 3 is 1.29 bits per heavy atom. The van der Waals surface area contributed by atoms with Crippen LogP contribution in [0.2, 0.25) is 5.28 Å². The first-order valence-electron chi connectivity index (χ1n) is 15.4. The largest absolute Gasteiger partial charge is 0.461 e. The molecule has 0 fully saturated rings. The Morgan fingerprint density at radius 2 is 0.867 bits per heavy atom. The van der Waals surface area contributed by atoms with Crippen molar-refractivity contribution in [2.24, 2.45) is 0 Å². The van der Waals surface area contributed by atoms with Gasteiger partial charge in [-0.3, -0.25) is 0 Å². The average molecular weight is 673 g/mol. The molecule has 0 aliphatic heterocycles. The molecule has 1 heterocycles. The maximum atomic E-state index is 8.61. The number of halogens is 1. The summed E-state index contributed by atoms with van der Waals surface area (Å²) in [7, 11) is 0. The van der Waals surface area contributed by atoms with Gasteiger partial charge in [-0.05, 0) is 18.0 Å². The van der Waals surface area contributed by atoms with Crippen LogP contribution in [0.3, 0.4) is 0 Å². The lowest BCUT2D eigenvalue weighted by atomic mass is 10.5. The van der Waals surface area contributed by atoms with E-state index < -0.39 is 0 Å². The minimum atomic E-state index is 0.00293. The molecule has 0 saturated carbocycles. The molecule has 17 heteroatoms. The lowest BCUT2D eigenvalue weighted by molar-refractivity contribution is -0.0212. The summed E-state index contributed by atoms with van der Waals surface area (Å²) < 4.78 is 59.5. The Morgan fingerprint density at radius 1 is 0.489 bits per heavy atom. The molecule has 16 nitrogen and oxygen atoms in total. The molecule has 0 aliphatic carbocycles. The van der Waals surface area contributed by atoms with Gasteiger partial charge in [-0.25, -0.2) is 0 Å². The Kier molecular flexibility index (Phi) is 31.2. The quantitative estimate of drug-likeness (QED) is 0.0961. The SMILES string of the molecule is CCCOCCOCCOCCOCCOCCOCCOCCOc1nc(Cl)nc(NCCOCCOCCOCCO)n1. The second-order valence-corrected chi connectivity index (χ2v) is 9.17. The molecular weight excluding hydrogens is 620 g/mol. The average Bonchev–Trinajstić information content (AvgIpc) is 3.03. The van der Waals surface area contributed by atoms with Crippen LogP contribution in [0.25, 0.3) is 0 Å². The summed E-state index contributed by atoms with van der Waals surface area (Å²) in [6, 6.07) is 0.0951. The van der Waals surface area contributed by atoms with Gasteiger partial charge in [0.05, 0.1) is 132 Å². The third-order valence-corrected chi connectivity index (χ3v) is 5.31. The zero-order valence-electron chi connectivity index (χ0n) is 26.6. The molecule has 0 atom stereocenters. The topological polar surface area (TPSA) is 172 Å². The normalized spacial score (nSPS) is 11.4. The highest BCUT2D eigenvalue weighted by Crippen LogP contribution is 2.11. The zero-order valence-corrected chi connectivity index (χ0v) is 27.4. The van der Waals surface area contributed by atoms with Crippen molar-refractivity contribution in [3.63, 3.8) is 0 Å². The van der Waals surface area contributed by atoms with Gasteiger partial charge in [0.25, 0.3) is 0 Å². The van der Waals surface area contributed by atoms with E-state index in [0.29, 0.717) is 132 Å². The summed E-state index contributed by atoms with van der Waals surface area (Å²) in [5.41, 5.74) is 0. The third kappa shape index (κ3) is 29.6. The number of aliphatic hydroxyl groups excluding tert-OH is 1. The fraction of sp³-hybridized carbons (Fsp3) is 0.893. The van der Waals surface area contributed by atoms with Crippen LogP contribution in [0, 0.1) is 0 Å². The molecule has 264 valence electrons. The van der Waals surface area contributed by atoms with Crippen molar-refractivity contribution >= 4 is 17.5 Å². The van der Waals surface area contributed by atoms with Crippen LogP contribution in [-0.2, 0) is 47.4 Å². The van der Waals surface area contributed by atoms with Crippen LogP contribution < -0.4 is 10.1 Å². The summed E-state index contributed by atoms with van der Waals surface area (Å²) in [5, 5.41) is 11.6. The Bertz CT molecular complexity index is 763. The lowest BCUT2D eigenvalue weighted by Crippen LogP contribution is -2.16. The summed E-state index contributed by atoms with van der Waals surface area (Å²) >= 11 is 5.97. The fourth-order valence-corrected chi connectivity index (χ4v) is 3.23. The molecule has 0 bridgehead atoms. The smallest absolute Gasteiger partial charge is 0.322 e. The minimum absolute atomic E-state index is 0.00293. The molecule has 0 unspecified atom stereocenters. The molecule has 0 aliphatic rings. The summed E-state index contributed by atoms with van der Waals surface area (Å²) in [5.74, 6) is 0.282. The summed E-state index contributed by atoms with van der Waals surface area (Å²) in [4.78, 5) is 12.2. The van der Waals surface area contributed by atoms with Crippen molar-refractivity contribution in [3.8, 4) is 6.01 Å². The van der Waals surface area contributed by atoms with Crippen molar-refractivity contribution in [1.29, 1.82) is 0 Å². The highest BCUT2D eigenvalue weighted by Gasteiger charge is 2.06.